The zero-order valence-corrected chi connectivity index (χ0v) is 40.2. The van der Waals surface area contributed by atoms with Gasteiger partial charge in [0.1, 0.15) is 30.0 Å². The molecule has 11 atom stereocenters. The van der Waals surface area contributed by atoms with Crippen LogP contribution in [0.3, 0.4) is 0 Å². The summed E-state index contributed by atoms with van der Waals surface area (Å²) in [6.07, 6.45) is -8.25. The van der Waals surface area contributed by atoms with Gasteiger partial charge in [0, 0.05) is 51.1 Å². The molecule has 7 rings (SSSR count). The number of nitrogens with one attached hydrogen (secondary N) is 1. The summed E-state index contributed by atoms with van der Waals surface area (Å²) in [5, 5.41) is 28.6. The first kappa shape index (κ1) is 51.3. The molecule has 0 spiro atoms. The third-order valence-electron chi connectivity index (χ3n) is 14.6. The fraction of sp³-hybridized carbons (Fsp3) is 0.472. The van der Waals surface area contributed by atoms with E-state index in [2.05, 4.69) is 10.3 Å². The molecule has 2 bridgehead atoms. The minimum absolute atomic E-state index is 0.0244. The smallest absolute Gasteiger partial charge is 0.338 e. The van der Waals surface area contributed by atoms with E-state index in [9.17, 15) is 39.0 Å². The highest BCUT2D eigenvalue weighted by molar-refractivity contribution is 5.96. The van der Waals surface area contributed by atoms with Crippen molar-refractivity contribution in [3.8, 4) is 0 Å². The number of hydrogen-bond donors (Lipinski definition) is 3. The molecular weight excluding hydrogens is 905 g/mol. The first-order chi connectivity index (χ1) is 33.2. The zero-order chi connectivity index (χ0) is 50.8. The van der Waals surface area contributed by atoms with Crippen molar-refractivity contribution in [3.63, 3.8) is 0 Å². The maximum atomic E-state index is 16.1. The summed E-state index contributed by atoms with van der Waals surface area (Å²) >= 11 is 0. The number of esters is 5. The second-order valence-corrected chi connectivity index (χ2v) is 19.1. The van der Waals surface area contributed by atoms with E-state index in [1.807, 2.05) is 0 Å². The number of Topliss-reactive ketones (excluding diaryl/α,β-unsaturated/α-hetero) is 1. The molecule has 2 unspecified atom stereocenters. The standard InChI is InChI=1S/C53H60N2O15/c1-30-36(67-49(63)42(59)41(33-19-11-8-12-20-33)55-47(61)34-21-13-9-14-22-34)28-53(64)46(69-48(62)35-23-15-10-16-24-35)44-51(6,45(60)43(66-31(2)56)40(30)50(53,4)5)37(68-39(58)25-17-18-26-54-7)27-38-52(44,29-65-38)70-32(3)57/h8-16,19-24,26,36-38,41-44,46,59,64H,17-18,25,27-29H2,1-7H3,(H,55,61)/t36?,37-,38+,41?,42+,43+,44-,46-,51+,52-,53+/m0/s1. The van der Waals surface area contributed by atoms with E-state index in [-0.39, 0.29) is 41.7 Å². The summed E-state index contributed by atoms with van der Waals surface area (Å²) in [4.78, 5) is 103. The number of unbranched alkanes of at least 4 members (excludes halogenated alkanes) is 1. The topological polar surface area (TPSA) is 240 Å². The lowest BCUT2D eigenvalue weighted by Crippen LogP contribution is -2.82. The van der Waals surface area contributed by atoms with E-state index in [4.69, 9.17) is 28.4 Å². The Morgan fingerprint density at radius 2 is 1.47 bits per heavy atom. The average molecular weight is 965 g/mol. The number of carbonyl (C=O) groups is 7. The molecule has 1 aliphatic heterocycles. The van der Waals surface area contributed by atoms with Gasteiger partial charge in [-0.1, -0.05) is 80.6 Å². The Labute approximate surface area is 405 Å². The molecule has 1 heterocycles. The maximum absolute atomic E-state index is 16.1. The van der Waals surface area contributed by atoms with Crippen molar-refractivity contribution >= 4 is 47.8 Å². The van der Waals surface area contributed by atoms with Gasteiger partial charge in [-0.2, -0.15) is 0 Å². The Hall–Kier alpha value is -6.56. The van der Waals surface area contributed by atoms with Gasteiger partial charge in [0.25, 0.3) is 5.91 Å². The number of ether oxygens (including phenoxy) is 6. The molecule has 2 saturated carbocycles. The quantitative estimate of drug-likeness (QED) is 0.0586. The number of nitrogens with zero attached hydrogens (tertiary/aromatic N) is 1. The van der Waals surface area contributed by atoms with Crippen molar-refractivity contribution in [1.29, 1.82) is 0 Å². The SMILES string of the molecule is CN=CCCCC(=O)O[C@H]1C[C@H]2OC[C@@]2(OC(C)=O)[C@H]2[C@H](OC(=O)c3ccccc3)[C@]3(O)CC(OC(=O)[C@H](O)C(NC(=O)c4ccccc4)c4ccccc4)C(C)=C([C@@H](OC(C)=O)C(=O)[C@]12C)C3(C)C. The van der Waals surface area contributed by atoms with Crippen LogP contribution in [0, 0.1) is 16.7 Å². The fourth-order valence-corrected chi connectivity index (χ4v) is 11.0. The van der Waals surface area contributed by atoms with Crippen molar-refractivity contribution in [2.75, 3.05) is 13.7 Å². The highest BCUT2D eigenvalue weighted by Crippen LogP contribution is 2.65. The van der Waals surface area contributed by atoms with Crippen LogP contribution in [0.2, 0.25) is 0 Å². The maximum Gasteiger partial charge on any atom is 0.338 e. The van der Waals surface area contributed by atoms with Gasteiger partial charge in [-0.3, -0.25) is 24.0 Å². The lowest BCUT2D eigenvalue weighted by atomic mass is 9.44. The Balaban J connectivity index is 1.41. The Kier molecular flexibility index (Phi) is 15.0. The van der Waals surface area contributed by atoms with Crippen LogP contribution in [-0.2, 0) is 52.4 Å². The lowest BCUT2D eigenvalue weighted by Gasteiger charge is -2.67. The van der Waals surface area contributed by atoms with Crippen molar-refractivity contribution < 1.29 is 72.2 Å². The molecule has 0 aromatic heterocycles. The average Bonchev–Trinajstić information content (AvgIpc) is 3.33. The Morgan fingerprint density at radius 3 is 2.04 bits per heavy atom. The van der Waals surface area contributed by atoms with Crippen LogP contribution in [0.15, 0.2) is 107 Å². The van der Waals surface area contributed by atoms with Crippen LogP contribution in [-0.4, -0.2) is 119 Å². The Morgan fingerprint density at radius 1 is 0.857 bits per heavy atom. The van der Waals surface area contributed by atoms with E-state index in [0.29, 0.717) is 18.4 Å². The molecule has 4 aliphatic rings. The van der Waals surface area contributed by atoms with Gasteiger partial charge in [0.05, 0.1) is 29.5 Å². The molecule has 0 radical (unpaired) electrons. The van der Waals surface area contributed by atoms with Crippen LogP contribution in [0.25, 0.3) is 0 Å². The van der Waals surface area contributed by atoms with Gasteiger partial charge >= 0.3 is 29.8 Å². The normalized spacial score (nSPS) is 29.6. The van der Waals surface area contributed by atoms with Gasteiger partial charge in [-0.05, 0) is 73.9 Å². The van der Waals surface area contributed by atoms with Crippen molar-refractivity contribution in [2.45, 2.75) is 128 Å². The molecule has 3 N–H and O–H groups in total. The highest BCUT2D eigenvalue weighted by Gasteiger charge is 2.79. The van der Waals surface area contributed by atoms with Crippen LogP contribution in [0.1, 0.15) is 106 Å². The van der Waals surface area contributed by atoms with E-state index >= 15 is 4.79 Å². The molecule has 1 amide bonds. The summed E-state index contributed by atoms with van der Waals surface area (Å²) in [6, 6.07) is 22.9. The second-order valence-electron chi connectivity index (χ2n) is 19.1. The number of amides is 1. The molecule has 17 heteroatoms. The third kappa shape index (κ3) is 9.41. The molecule has 3 aromatic carbocycles. The number of ketones is 1. The summed E-state index contributed by atoms with van der Waals surface area (Å²) in [5.74, 6) is -7.69. The number of benzene rings is 3. The number of carbonyl (C=O) groups excluding carboxylic acids is 7. The Bertz CT molecular complexity index is 2550. The molecule has 3 fully saturated rings. The van der Waals surface area contributed by atoms with E-state index in [1.165, 1.54) is 26.0 Å². The predicted octanol–water partition coefficient (Wildman–Crippen LogP) is 5.16. The monoisotopic (exact) mass is 964 g/mol. The van der Waals surface area contributed by atoms with Gasteiger partial charge < -0.3 is 48.9 Å². The molecule has 1 saturated heterocycles. The summed E-state index contributed by atoms with van der Waals surface area (Å²) in [7, 11) is 1.60. The van der Waals surface area contributed by atoms with Crippen molar-refractivity contribution in [3.05, 3.63) is 119 Å². The lowest BCUT2D eigenvalue weighted by molar-refractivity contribution is -0.346. The number of rotatable bonds is 15. The second kappa shape index (κ2) is 20.4. The fourth-order valence-electron chi connectivity index (χ4n) is 11.0. The first-order valence-electron chi connectivity index (χ1n) is 23.3. The molecule has 70 heavy (non-hydrogen) atoms. The molecule has 372 valence electrons. The van der Waals surface area contributed by atoms with Crippen LogP contribution < -0.4 is 5.32 Å². The number of fused-ring (bicyclic) bond motifs is 5. The minimum Gasteiger partial charge on any atom is -0.461 e. The summed E-state index contributed by atoms with van der Waals surface area (Å²) < 4.78 is 37.2. The largest absolute Gasteiger partial charge is 0.461 e. The number of aliphatic hydroxyl groups excluding tert-OH is 1. The van der Waals surface area contributed by atoms with Crippen LogP contribution in [0.4, 0.5) is 0 Å². The first-order valence-corrected chi connectivity index (χ1v) is 23.3. The van der Waals surface area contributed by atoms with Gasteiger partial charge in [-0.15, -0.1) is 0 Å². The van der Waals surface area contributed by atoms with Gasteiger partial charge in [0.15, 0.2) is 23.6 Å². The van der Waals surface area contributed by atoms with E-state index in [0.717, 1.165) is 13.8 Å². The summed E-state index contributed by atoms with van der Waals surface area (Å²) in [6.45, 7) is 7.99. The molecular formula is C53H60N2O15. The minimum atomic E-state index is -2.45. The predicted molar refractivity (Wildman–Crippen MR) is 250 cm³/mol. The highest BCUT2D eigenvalue weighted by atomic mass is 16.6. The summed E-state index contributed by atoms with van der Waals surface area (Å²) in [5.41, 5.74) is -7.33. The van der Waals surface area contributed by atoms with Gasteiger partial charge in [0.2, 0.25) is 0 Å². The zero-order valence-electron chi connectivity index (χ0n) is 40.2. The van der Waals surface area contributed by atoms with Crippen LogP contribution in [0.5, 0.6) is 0 Å². The number of aliphatic hydroxyl groups is 2. The third-order valence-corrected chi connectivity index (χ3v) is 14.6. The van der Waals surface area contributed by atoms with Crippen molar-refractivity contribution in [2.24, 2.45) is 21.7 Å². The molecule has 17 nitrogen and oxygen atoms in total. The van der Waals surface area contributed by atoms with Crippen LogP contribution >= 0.6 is 0 Å². The number of aliphatic imine (C=N–C) groups is 1. The van der Waals surface area contributed by atoms with E-state index < -0.39 is 119 Å². The molecule has 3 aromatic rings. The van der Waals surface area contributed by atoms with Crippen molar-refractivity contribution in [1.82, 2.24) is 5.32 Å². The van der Waals surface area contributed by atoms with E-state index in [1.54, 1.807) is 106 Å². The number of hydrogen-bond acceptors (Lipinski definition) is 16. The van der Waals surface area contributed by atoms with Gasteiger partial charge in [-0.25, -0.2) is 9.59 Å². The molecule has 3 aliphatic carbocycles.